The number of benzene rings is 1. The van der Waals surface area contributed by atoms with E-state index < -0.39 is 6.04 Å². The van der Waals surface area contributed by atoms with Crippen molar-refractivity contribution in [2.75, 3.05) is 5.01 Å². The molecule has 0 saturated heterocycles. The Morgan fingerprint density at radius 3 is 2.67 bits per heavy atom. The standard InChI is InChI=1S/C17H16BrN3O2S/c1-11(22)15-9-14(20-21(15)12-5-3-2-4-6-12)17(23)19-10-13-7-8-16(18)24-13/h2-8,15H,9-10H2,1H3,(H,19,23). The molecule has 0 aliphatic carbocycles. The van der Waals surface area contributed by atoms with Crippen molar-refractivity contribution < 1.29 is 9.59 Å². The van der Waals surface area contributed by atoms with Crippen molar-refractivity contribution in [3.63, 3.8) is 0 Å². The highest BCUT2D eigenvalue weighted by Gasteiger charge is 2.33. The van der Waals surface area contributed by atoms with Gasteiger partial charge in [-0.2, -0.15) is 5.10 Å². The number of nitrogens with zero attached hydrogens (tertiary/aromatic N) is 2. The molecule has 0 radical (unpaired) electrons. The number of rotatable bonds is 5. The molecule has 1 aromatic heterocycles. The van der Waals surface area contributed by atoms with Crippen molar-refractivity contribution in [2.24, 2.45) is 5.10 Å². The van der Waals surface area contributed by atoms with E-state index in [2.05, 4.69) is 26.3 Å². The summed E-state index contributed by atoms with van der Waals surface area (Å²) >= 11 is 4.97. The van der Waals surface area contributed by atoms with E-state index in [9.17, 15) is 9.59 Å². The molecule has 1 atom stereocenters. The number of hydrogen-bond acceptors (Lipinski definition) is 5. The van der Waals surface area contributed by atoms with Crippen molar-refractivity contribution in [3.05, 3.63) is 51.1 Å². The van der Waals surface area contributed by atoms with Gasteiger partial charge in [-0.25, -0.2) is 0 Å². The lowest BCUT2D eigenvalue weighted by atomic mass is 10.1. The highest BCUT2D eigenvalue weighted by atomic mass is 79.9. The van der Waals surface area contributed by atoms with Crippen LogP contribution in [0.4, 0.5) is 5.69 Å². The number of nitrogens with one attached hydrogen (secondary N) is 1. The number of ketones is 1. The van der Waals surface area contributed by atoms with Gasteiger partial charge in [-0.1, -0.05) is 18.2 Å². The van der Waals surface area contributed by atoms with E-state index in [4.69, 9.17) is 0 Å². The zero-order valence-electron chi connectivity index (χ0n) is 13.0. The third-order valence-corrected chi connectivity index (χ3v) is 5.34. The molecule has 0 bridgehead atoms. The van der Waals surface area contributed by atoms with Crippen LogP contribution in [0.1, 0.15) is 18.2 Å². The van der Waals surface area contributed by atoms with Gasteiger partial charge in [0.05, 0.1) is 16.0 Å². The first-order valence-corrected chi connectivity index (χ1v) is 9.10. The summed E-state index contributed by atoms with van der Waals surface area (Å²) in [6.45, 7) is 1.98. The minimum absolute atomic E-state index is 0.00686. The van der Waals surface area contributed by atoms with Crippen LogP contribution in [0.2, 0.25) is 0 Å². The number of para-hydroxylation sites is 1. The minimum atomic E-state index is -0.427. The van der Waals surface area contributed by atoms with Crippen LogP contribution in [0.5, 0.6) is 0 Å². The number of carbonyl (C=O) groups is 2. The van der Waals surface area contributed by atoms with Crippen LogP contribution in [0, 0.1) is 0 Å². The zero-order chi connectivity index (χ0) is 17.1. The fourth-order valence-electron chi connectivity index (χ4n) is 2.50. The predicted molar refractivity (Wildman–Crippen MR) is 99.3 cm³/mol. The quantitative estimate of drug-likeness (QED) is 0.829. The second kappa shape index (κ2) is 7.27. The molecule has 2 heterocycles. The van der Waals surface area contributed by atoms with Crippen molar-refractivity contribution in [1.29, 1.82) is 0 Å². The van der Waals surface area contributed by atoms with E-state index in [0.29, 0.717) is 18.7 Å². The van der Waals surface area contributed by atoms with E-state index in [1.807, 2.05) is 42.5 Å². The van der Waals surface area contributed by atoms with Gasteiger partial charge < -0.3 is 5.32 Å². The lowest BCUT2D eigenvalue weighted by Crippen LogP contribution is -2.34. The van der Waals surface area contributed by atoms with Crippen LogP contribution in [0.25, 0.3) is 0 Å². The van der Waals surface area contributed by atoms with Crippen molar-refractivity contribution in [3.8, 4) is 0 Å². The molecule has 3 rings (SSSR count). The third kappa shape index (κ3) is 3.73. The lowest BCUT2D eigenvalue weighted by molar-refractivity contribution is -0.118. The maximum atomic E-state index is 12.4. The summed E-state index contributed by atoms with van der Waals surface area (Å²) in [6.07, 6.45) is 0.324. The van der Waals surface area contributed by atoms with Crippen LogP contribution < -0.4 is 10.3 Å². The molecule has 1 unspecified atom stereocenters. The smallest absolute Gasteiger partial charge is 0.267 e. The van der Waals surface area contributed by atoms with Gasteiger partial charge in [0.15, 0.2) is 5.78 Å². The van der Waals surface area contributed by atoms with Gasteiger partial charge in [0.1, 0.15) is 11.8 Å². The highest BCUT2D eigenvalue weighted by Crippen LogP contribution is 2.25. The molecule has 1 aliphatic heterocycles. The summed E-state index contributed by atoms with van der Waals surface area (Å²) in [7, 11) is 0. The normalized spacial score (nSPS) is 16.8. The van der Waals surface area contributed by atoms with Gasteiger partial charge in [0, 0.05) is 11.3 Å². The Kier molecular flexibility index (Phi) is 5.11. The van der Waals surface area contributed by atoms with Gasteiger partial charge in [-0.3, -0.25) is 14.6 Å². The van der Waals surface area contributed by atoms with E-state index in [1.165, 1.54) is 6.92 Å². The largest absolute Gasteiger partial charge is 0.346 e. The number of hydrogen-bond donors (Lipinski definition) is 1. The Hall–Kier alpha value is -1.99. The fraction of sp³-hybridized carbons (Fsp3) is 0.235. The Labute approximate surface area is 152 Å². The minimum Gasteiger partial charge on any atom is -0.346 e. The average Bonchev–Trinajstić information content (AvgIpc) is 3.20. The molecule has 0 fully saturated rings. The van der Waals surface area contributed by atoms with Crippen LogP contribution in [0.15, 0.2) is 51.4 Å². The number of carbonyl (C=O) groups excluding carboxylic acids is 2. The Morgan fingerprint density at radius 2 is 2.04 bits per heavy atom. The highest BCUT2D eigenvalue weighted by molar-refractivity contribution is 9.11. The van der Waals surface area contributed by atoms with Gasteiger partial charge in [-0.05, 0) is 47.1 Å². The number of Topliss-reactive ketones (excluding diaryl/α,β-unsaturated/α-hetero) is 1. The summed E-state index contributed by atoms with van der Waals surface area (Å²) in [4.78, 5) is 25.4. The maximum Gasteiger partial charge on any atom is 0.267 e. The number of hydrazone groups is 1. The van der Waals surface area contributed by atoms with Crippen LogP contribution in [-0.4, -0.2) is 23.4 Å². The van der Waals surface area contributed by atoms with Gasteiger partial charge in [0.2, 0.25) is 0 Å². The summed E-state index contributed by atoms with van der Waals surface area (Å²) in [5.74, 6) is -0.239. The van der Waals surface area contributed by atoms with E-state index in [-0.39, 0.29) is 11.7 Å². The van der Waals surface area contributed by atoms with Crippen molar-refractivity contribution >= 4 is 50.4 Å². The second-order valence-electron chi connectivity index (χ2n) is 5.45. The van der Waals surface area contributed by atoms with E-state index in [0.717, 1.165) is 14.4 Å². The number of anilines is 1. The van der Waals surface area contributed by atoms with Crippen molar-refractivity contribution in [1.82, 2.24) is 5.32 Å². The van der Waals surface area contributed by atoms with Crippen LogP contribution >= 0.6 is 27.3 Å². The SMILES string of the molecule is CC(=O)C1CC(C(=O)NCc2ccc(Br)s2)=NN1c1ccccc1. The number of thiophene rings is 1. The molecule has 0 spiro atoms. The fourth-order valence-corrected chi connectivity index (χ4v) is 3.92. The molecular weight excluding hydrogens is 390 g/mol. The van der Waals surface area contributed by atoms with E-state index >= 15 is 0 Å². The van der Waals surface area contributed by atoms with Gasteiger partial charge in [0.25, 0.3) is 5.91 Å². The molecule has 124 valence electrons. The summed E-state index contributed by atoms with van der Waals surface area (Å²) < 4.78 is 1.02. The molecule has 0 saturated carbocycles. The lowest BCUT2D eigenvalue weighted by Gasteiger charge is -2.20. The second-order valence-corrected chi connectivity index (χ2v) is 7.99. The topological polar surface area (TPSA) is 61.8 Å². The molecule has 1 N–H and O–H groups in total. The number of amides is 1. The monoisotopic (exact) mass is 405 g/mol. The Morgan fingerprint density at radius 1 is 1.29 bits per heavy atom. The maximum absolute atomic E-state index is 12.4. The average molecular weight is 406 g/mol. The molecule has 1 amide bonds. The summed E-state index contributed by atoms with van der Waals surface area (Å²) in [5.41, 5.74) is 1.19. The first kappa shape index (κ1) is 16.9. The molecule has 1 aromatic carbocycles. The van der Waals surface area contributed by atoms with Gasteiger partial charge >= 0.3 is 0 Å². The third-order valence-electron chi connectivity index (χ3n) is 3.71. The van der Waals surface area contributed by atoms with Crippen LogP contribution in [-0.2, 0) is 16.1 Å². The molecule has 5 nitrogen and oxygen atoms in total. The first-order chi connectivity index (χ1) is 11.5. The summed E-state index contributed by atoms with van der Waals surface area (Å²) in [5, 5.41) is 8.90. The Balaban J connectivity index is 1.72. The molecule has 24 heavy (non-hydrogen) atoms. The first-order valence-electron chi connectivity index (χ1n) is 7.49. The zero-order valence-corrected chi connectivity index (χ0v) is 15.4. The molecule has 2 aromatic rings. The van der Waals surface area contributed by atoms with Gasteiger partial charge in [-0.15, -0.1) is 11.3 Å². The van der Waals surface area contributed by atoms with Crippen LogP contribution in [0.3, 0.4) is 0 Å². The predicted octanol–water partition coefficient (Wildman–Crippen LogP) is 3.35. The Bertz CT molecular complexity index is 788. The number of halogens is 1. The van der Waals surface area contributed by atoms with Crippen molar-refractivity contribution in [2.45, 2.75) is 25.9 Å². The molecule has 7 heteroatoms. The molecular formula is C17H16BrN3O2S. The molecule has 1 aliphatic rings. The van der Waals surface area contributed by atoms with E-state index in [1.54, 1.807) is 16.3 Å². The summed E-state index contributed by atoms with van der Waals surface area (Å²) in [6, 6.07) is 12.9.